The third-order valence-corrected chi connectivity index (χ3v) is 3.07. The van der Waals surface area contributed by atoms with Gasteiger partial charge < -0.3 is 0 Å². The fourth-order valence-electron chi connectivity index (χ4n) is 1.71. The zero-order chi connectivity index (χ0) is 12.6. The molecule has 0 amide bonds. The fourth-order valence-corrected chi connectivity index (χ4v) is 2.45. The molecule has 0 N–H and O–H groups in total. The maximum Gasteiger partial charge on any atom is 0.254 e. The van der Waals surface area contributed by atoms with E-state index >= 15 is 0 Å². The second kappa shape index (κ2) is 4.65. The molecule has 0 aliphatic heterocycles. The van der Waals surface area contributed by atoms with Crippen molar-refractivity contribution in [3.8, 4) is 0 Å². The number of hydrogen-bond donors (Lipinski definition) is 0. The van der Waals surface area contributed by atoms with Crippen LogP contribution in [0.2, 0.25) is 5.02 Å². The predicted octanol–water partition coefficient (Wildman–Crippen LogP) is 4.25. The van der Waals surface area contributed by atoms with Crippen LogP contribution in [0.3, 0.4) is 0 Å². The molecule has 0 aliphatic rings. The van der Waals surface area contributed by atoms with E-state index in [1.54, 1.807) is 30.3 Å². The van der Waals surface area contributed by atoms with Crippen LogP contribution >= 0.6 is 34.8 Å². The van der Waals surface area contributed by atoms with Crippen molar-refractivity contribution in [3.63, 3.8) is 0 Å². The number of carbonyl (C=O) groups excluding carboxylic acids is 2. The van der Waals surface area contributed by atoms with Crippen molar-refractivity contribution in [1.82, 2.24) is 0 Å². The summed E-state index contributed by atoms with van der Waals surface area (Å²) in [6.07, 6.45) is 0. The monoisotopic (exact) mass is 286 g/mol. The standard InChI is InChI=1S/C12H5Cl3O2/c13-8-5-6-3-1-2-4-7(6)9(11(14)16)10(8)12(15)17/h1-5H. The first-order valence-electron chi connectivity index (χ1n) is 4.63. The minimum Gasteiger partial charge on any atom is -0.276 e. The van der Waals surface area contributed by atoms with Gasteiger partial charge in [0, 0.05) is 0 Å². The van der Waals surface area contributed by atoms with Gasteiger partial charge in [-0.15, -0.1) is 0 Å². The van der Waals surface area contributed by atoms with E-state index in [9.17, 15) is 9.59 Å². The minimum atomic E-state index is -0.801. The SMILES string of the molecule is O=C(Cl)c1c(Cl)cc2ccccc2c1C(=O)Cl. The molecular weight excluding hydrogens is 282 g/mol. The number of carbonyl (C=O) groups is 2. The number of hydrogen-bond acceptors (Lipinski definition) is 2. The van der Waals surface area contributed by atoms with Crippen LogP contribution in [0.15, 0.2) is 30.3 Å². The van der Waals surface area contributed by atoms with Crippen LogP contribution in [0.5, 0.6) is 0 Å². The van der Waals surface area contributed by atoms with Crippen LogP contribution < -0.4 is 0 Å². The van der Waals surface area contributed by atoms with Gasteiger partial charge in [0.25, 0.3) is 10.5 Å². The minimum absolute atomic E-state index is 0.0490. The van der Waals surface area contributed by atoms with Crippen LogP contribution in [0.4, 0.5) is 0 Å². The lowest BCUT2D eigenvalue weighted by atomic mass is 10.00. The Hall–Kier alpha value is -1.09. The van der Waals surface area contributed by atoms with Crippen LogP contribution in [0, 0.1) is 0 Å². The summed E-state index contributed by atoms with van der Waals surface area (Å²) in [6, 6.07) is 8.57. The van der Waals surface area contributed by atoms with Gasteiger partial charge in [-0.3, -0.25) is 9.59 Å². The first kappa shape index (κ1) is 12.4. The smallest absolute Gasteiger partial charge is 0.254 e. The van der Waals surface area contributed by atoms with E-state index in [1.807, 2.05) is 0 Å². The van der Waals surface area contributed by atoms with Crippen LogP contribution in [0.25, 0.3) is 10.8 Å². The molecule has 0 saturated heterocycles. The van der Waals surface area contributed by atoms with Crippen LogP contribution in [-0.2, 0) is 0 Å². The van der Waals surface area contributed by atoms with E-state index in [2.05, 4.69) is 0 Å². The maximum absolute atomic E-state index is 11.4. The van der Waals surface area contributed by atoms with Gasteiger partial charge in [-0.2, -0.15) is 0 Å². The van der Waals surface area contributed by atoms with Gasteiger partial charge >= 0.3 is 0 Å². The van der Waals surface area contributed by atoms with E-state index in [4.69, 9.17) is 34.8 Å². The molecule has 2 rings (SSSR count). The van der Waals surface area contributed by atoms with E-state index in [0.29, 0.717) is 5.39 Å². The Morgan fingerprint density at radius 1 is 0.941 bits per heavy atom. The van der Waals surface area contributed by atoms with E-state index in [-0.39, 0.29) is 16.1 Å². The van der Waals surface area contributed by atoms with Gasteiger partial charge in [0.05, 0.1) is 16.1 Å². The summed E-state index contributed by atoms with van der Waals surface area (Å²) >= 11 is 16.9. The second-order valence-electron chi connectivity index (χ2n) is 3.38. The summed E-state index contributed by atoms with van der Waals surface area (Å²) in [5.41, 5.74) is 0.00167. The zero-order valence-electron chi connectivity index (χ0n) is 8.34. The molecule has 0 heterocycles. The first-order valence-corrected chi connectivity index (χ1v) is 5.76. The molecule has 17 heavy (non-hydrogen) atoms. The van der Waals surface area contributed by atoms with E-state index in [0.717, 1.165) is 5.39 Å². The highest BCUT2D eigenvalue weighted by atomic mass is 35.5. The third-order valence-electron chi connectivity index (χ3n) is 2.39. The molecule has 86 valence electrons. The maximum atomic E-state index is 11.4. The highest BCUT2D eigenvalue weighted by Gasteiger charge is 2.21. The molecular formula is C12H5Cl3O2. The average molecular weight is 288 g/mol. The Morgan fingerprint density at radius 2 is 1.53 bits per heavy atom. The van der Waals surface area contributed by atoms with Gasteiger partial charge in [-0.05, 0) is 40.0 Å². The number of fused-ring (bicyclic) bond motifs is 1. The lowest BCUT2D eigenvalue weighted by molar-refractivity contribution is 0.105. The molecule has 0 fully saturated rings. The number of halogens is 3. The van der Waals surface area contributed by atoms with E-state index < -0.39 is 10.5 Å². The molecule has 2 aromatic carbocycles. The van der Waals surface area contributed by atoms with Crippen molar-refractivity contribution in [2.24, 2.45) is 0 Å². The summed E-state index contributed by atoms with van der Waals surface area (Å²) in [4.78, 5) is 22.7. The highest BCUT2D eigenvalue weighted by molar-refractivity contribution is 6.73. The van der Waals surface area contributed by atoms with Crippen molar-refractivity contribution in [1.29, 1.82) is 0 Å². The predicted molar refractivity (Wildman–Crippen MR) is 69.3 cm³/mol. The summed E-state index contributed by atoms with van der Waals surface area (Å²) in [5.74, 6) is 0. The molecule has 0 saturated carbocycles. The molecule has 2 aromatic rings. The molecule has 0 aliphatic carbocycles. The van der Waals surface area contributed by atoms with Gasteiger partial charge in [0.15, 0.2) is 0 Å². The Balaban J connectivity index is 2.99. The molecule has 0 spiro atoms. The van der Waals surface area contributed by atoms with Gasteiger partial charge in [0.1, 0.15) is 0 Å². The third kappa shape index (κ3) is 2.16. The molecule has 0 atom stereocenters. The molecule has 0 unspecified atom stereocenters. The molecule has 0 bridgehead atoms. The first-order chi connectivity index (χ1) is 8.02. The fraction of sp³-hybridized carbons (Fsp3) is 0. The van der Waals surface area contributed by atoms with E-state index in [1.165, 1.54) is 0 Å². The van der Waals surface area contributed by atoms with Crippen molar-refractivity contribution >= 4 is 56.1 Å². The quantitative estimate of drug-likeness (QED) is 0.774. The normalized spacial score (nSPS) is 10.5. The summed E-state index contributed by atoms with van der Waals surface area (Å²) in [5, 5.41) is -0.158. The van der Waals surface area contributed by atoms with Crippen LogP contribution in [-0.4, -0.2) is 10.5 Å². The van der Waals surface area contributed by atoms with Crippen molar-refractivity contribution < 1.29 is 9.59 Å². The van der Waals surface area contributed by atoms with Gasteiger partial charge in [0.2, 0.25) is 0 Å². The van der Waals surface area contributed by atoms with Crippen molar-refractivity contribution in [2.75, 3.05) is 0 Å². The molecule has 5 heteroatoms. The molecule has 2 nitrogen and oxygen atoms in total. The van der Waals surface area contributed by atoms with Gasteiger partial charge in [-0.25, -0.2) is 0 Å². The largest absolute Gasteiger partial charge is 0.276 e. The Labute approximate surface area is 112 Å². The lowest BCUT2D eigenvalue weighted by Gasteiger charge is -2.08. The molecule has 0 aromatic heterocycles. The summed E-state index contributed by atoms with van der Waals surface area (Å²) in [7, 11) is 0. The summed E-state index contributed by atoms with van der Waals surface area (Å²) in [6.45, 7) is 0. The van der Waals surface area contributed by atoms with Crippen LogP contribution in [0.1, 0.15) is 20.7 Å². The lowest BCUT2D eigenvalue weighted by Crippen LogP contribution is -2.03. The highest BCUT2D eigenvalue weighted by Crippen LogP contribution is 2.31. The van der Waals surface area contributed by atoms with Crippen molar-refractivity contribution in [2.45, 2.75) is 0 Å². The number of benzene rings is 2. The average Bonchev–Trinajstić information content (AvgIpc) is 2.26. The Morgan fingerprint density at radius 3 is 2.12 bits per heavy atom. The zero-order valence-corrected chi connectivity index (χ0v) is 10.6. The topological polar surface area (TPSA) is 34.1 Å². The summed E-state index contributed by atoms with van der Waals surface area (Å²) < 4.78 is 0. The van der Waals surface area contributed by atoms with Crippen molar-refractivity contribution in [3.05, 3.63) is 46.5 Å². The van der Waals surface area contributed by atoms with Gasteiger partial charge in [-0.1, -0.05) is 35.9 Å². The Kier molecular flexibility index (Phi) is 3.38. The number of rotatable bonds is 2. The Bertz CT molecular complexity index is 635. The molecule has 0 radical (unpaired) electrons. The second-order valence-corrected chi connectivity index (χ2v) is 4.47.